The molecule has 0 aliphatic rings. The van der Waals surface area contributed by atoms with Gasteiger partial charge in [0.1, 0.15) is 0 Å². The molecule has 7 heteroatoms. The number of hydrogen-bond acceptors (Lipinski definition) is 4. The zero-order valence-electron chi connectivity index (χ0n) is 9.34. The normalized spacial score (nSPS) is 10.4. The zero-order chi connectivity index (χ0) is 13.3. The number of nitrogens with one attached hydrogen (secondary N) is 1. The Morgan fingerprint density at radius 3 is 2.72 bits per heavy atom. The molecule has 1 aromatic carbocycles. The number of rotatable bonds is 2. The van der Waals surface area contributed by atoms with Gasteiger partial charge in [-0.15, -0.1) is 0 Å². The largest absolute Gasteiger partial charge is 0.394 e. The maximum Gasteiger partial charge on any atom is 0.224 e. The third-order valence-electron chi connectivity index (χ3n) is 2.31. The minimum absolute atomic E-state index is 0.0268. The number of benzene rings is 1. The second-order valence-electron chi connectivity index (χ2n) is 3.57. The molecule has 1 aromatic heterocycles. The van der Waals surface area contributed by atoms with Crippen molar-refractivity contribution in [3.8, 4) is 0 Å². The Kier molecular flexibility index (Phi) is 3.29. The minimum atomic E-state index is -1.01. The molecule has 0 atom stereocenters. The average Bonchev–Trinajstić information content (AvgIpc) is 2.31. The van der Waals surface area contributed by atoms with Gasteiger partial charge in [0.15, 0.2) is 17.5 Å². The van der Waals surface area contributed by atoms with Gasteiger partial charge in [-0.05, 0) is 30.7 Å². The van der Waals surface area contributed by atoms with E-state index in [0.29, 0.717) is 5.69 Å². The quantitative estimate of drug-likeness (QED) is 0.823. The van der Waals surface area contributed by atoms with Gasteiger partial charge in [0, 0.05) is 0 Å². The molecule has 0 saturated carbocycles. The first kappa shape index (κ1) is 12.5. The topological polar surface area (TPSA) is 63.8 Å². The van der Waals surface area contributed by atoms with E-state index in [1.54, 1.807) is 6.92 Å². The molecular formula is C11H9ClF2N4. The van der Waals surface area contributed by atoms with Gasteiger partial charge in [-0.25, -0.2) is 13.8 Å². The summed E-state index contributed by atoms with van der Waals surface area (Å²) in [5.74, 6) is -1.84. The molecule has 0 unspecified atom stereocenters. The summed E-state index contributed by atoms with van der Waals surface area (Å²) in [6.07, 6.45) is 0. The molecule has 94 valence electrons. The van der Waals surface area contributed by atoms with E-state index in [-0.39, 0.29) is 22.5 Å². The van der Waals surface area contributed by atoms with Crippen LogP contribution in [0.1, 0.15) is 5.69 Å². The summed E-state index contributed by atoms with van der Waals surface area (Å²) in [5.41, 5.74) is 6.33. The van der Waals surface area contributed by atoms with Crippen LogP contribution in [0.15, 0.2) is 18.2 Å². The molecule has 0 fully saturated rings. The summed E-state index contributed by atoms with van der Waals surface area (Å²) < 4.78 is 26.5. The van der Waals surface area contributed by atoms with E-state index in [2.05, 4.69) is 15.3 Å². The van der Waals surface area contributed by atoms with Gasteiger partial charge in [0.05, 0.1) is 17.1 Å². The third kappa shape index (κ3) is 2.33. The van der Waals surface area contributed by atoms with Crippen molar-refractivity contribution < 1.29 is 8.78 Å². The second-order valence-corrected chi connectivity index (χ2v) is 3.90. The van der Waals surface area contributed by atoms with E-state index in [9.17, 15) is 8.78 Å². The Bertz CT molecular complexity index is 604. The highest BCUT2D eigenvalue weighted by atomic mass is 35.5. The molecule has 0 radical (unpaired) electrons. The molecule has 18 heavy (non-hydrogen) atoms. The van der Waals surface area contributed by atoms with Crippen LogP contribution in [0, 0.1) is 18.6 Å². The number of aryl methyl sites for hydroxylation is 1. The van der Waals surface area contributed by atoms with Crippen molar-refractivity contribution in [2.45, 2.75) is 6.92 Å². The van der Waals surface area contributed by atoms with Crippen molar-refractivity contribution in [1.29, 1.82) is 0 Å². The van der Waals surface area contributed by atoms with Gasteiger partial charge in [-0.2, -0.15) is 4.98 Å². The van der Waals surface area contributed by atoms with Crippen LogP contribution in [0.2, 0.25) is 5.28 Å². The van der Waals surface area contributed by atoms with Crippen LogP contribution < -0.4 is 11.1 Å². The standard InChI is InChI=1S/C11H9ClF2N4/c1-5-9(15)10(18-11(12)16-5)17-7-4-2-3-6(13)8(7)14/h2-4H,15H2,1H3,(H,16,17,18). The lowest BCUT2D eigenvalue weighted by molar-refractivity contribution is 0.511. The van der Waals surface area contributed by atoms with Gasteiger partial charge < -0.3 is 11.1 Å². The molecule has 0 aliphatic heterocycles. The SMILES string of the molecule is Cc1nc(Cl)nc(Nc2cccc(F)c2F)c1N. The Morgan fingerprint density at radius 2 is 2.00 bits per heavy atom. The lowest BCUT2D eigenvalue weighted by Crippen LogP contribution is -2.05. The third-order valence-corrected chi connectivity index (χ3v) is 2.48. The number of aromatic nitrogens is 2. The molecule has 0 spiro atoms. The number of halogens is 3. The predicted octanol–water partition coefficient (Wildman–Crippen LogP) is 3.04. The molecule has 3 N–H and O–H groups in total. The fraction of sp³-hybridized carbons (Fsp3) is 0.0909. The predicted molar refractivity (Wildman–Crippen MR) is 65.8 cm³/mol. The number of nitrogen functional groups attached to an aromatic ring is 1. The summed E-state index contributed by atoms with van der Waals surface area (Å²) >= 11 is 5.67. The zero-order valence-corrected chi connectivity index (χ0v) is 10.1. The molecule has 2 aromatic rings. The Balaban J connectivity index is 2.43. The van der Waals surface area contributed by atoms with Gasteiger partial charge in [0.2, 0.25) is 5.28 Å². The van der Waals surface area contributed by atoms with Crippen LogP contribution in [0.3, 0.4) is 0 Å². The van der Waals surface area contributed by atoms with Gasteiger partial charge in [-0.1, -0.05) is 6.07 Å². The average molecular weight is 271 g/mol. The number of nitrogens with two attached hydrogens (primary N) is 1. The highest BCUT2D eigenvalue weighted by molar-refractivity contribution is 6.28. The van der Waals surface area contributed by atoms with Crippen molar-refractivity contribution >= 4 is 28.8 Å². The van der Waals surface area contributed by atoms with E-state index in [1.165, 1.54) is 12.1 Å². The van der Waals surface area contributed by atoms with E-state index < -0.39 is 11.6 Å². The number of hydrogen-bond donors (Lipinski definition) is 2. The summed E-state index contributed by atoms with van der Waals surface area (Å²) in [5, 5.41) is 2.56. The Labute approximate surface area is 107 Å². The maximum atomic E-state index is 13.5. The lowest BCUT2D eigenvalue weighted by atomic mass is 10.2. The summed E-state index contributed by atoms with van der Waals surface area (Å²) in [7, 11) is 0. The van der Waals surface area contributed by atoms with Gasteiger partial charge >= 0.3 is 0 Å². The lowest BCUT2D eigenvalue weighted by Gasteiger charge is -2.10. The molecule has 0 saturated heterocycles. The molecule has 0 amide bonds. The van der Waals surface area contributed by atoms with E-state index in [1.807, 2.05) is 0 Å². The summed E-state index contributed by atoms with van der Waals surface area (Å²) in [6, 6.07) is 3.75. The molecule has 0 bridgehead atoms. The fourth-order valence-corrected chi connectivity index (χ4v) is 1.58. The van der Waals surface area contributed by atoms with Crippen LogP contribution in [0.4, 0.5) is 26.0 Å². The molecule has 4 nitrogen and oxygen atoms in total. The molecule has 0 aliphatic carbocycles. The van der Waals surface area contributed by atoms with Crippen molar-refractivity contribution in [2.24, 2.45) is 0 Å². The number of anilines is 3. The highest BCUT2D eigenvalue weighted by Crippen LogP contribution is 2.26. The van der Waals surface area contributed by atoms with Crippen LogP contribution in [-0.2, 0) is 0 Å². The van der Waals surface area contributed by atoms with Gasteiger partial charge in [0.25, 0.3) is 0 Å². The first-order chi connectivity index (χ1) is 8.49. The smallest absolute Gasteiger partial charge is 0.224 e. The first-order valence-corrected chi connectivity index (χ1v) is 5.37. The van der Waals surface area contributed by atoms with Crippen LogP contribution in [-0.4, -0.2) is 9.97 Å². The first-order valence-electron chi connectivity index (χ1n) is 4.99. The minimum Gasteiger partial charge on any atom is -0.394 e. The molecule has 1 heterocycles. The van der Waals surface area contributed by atoms with Crippen LogP contribution in [0.5, 0.6) is 0 Å². The monoisotopic (exact) mass is 270 g/mol. The Morgan fingerprint density at radius 1 is 1.28 bits per heavy atom. The van der Waals surface area contributed by atoms with Crippen molar-refractivity contribution in [3.05, 3.63) is 40.8 Å². The van der Waals surface area contributed by atoms with Crippen molar-refractivity contribution in [1.82, 2.24) is 9.97 Å². The maximum absolute atomic E-state index is 13.5. The van der Waals surface area contributed by atoms with Crippen molar-refractivity contribution in [2.75, 3.05) is 11.1 Å². The van der Waals surface area contributed by atoms with Crippen LogP contribution >= 0.6 is 11.6 Å². The fourth-order valence-electron chi connectivity index (χ4n) is 1.37. The second kappa shape index (κ2) is 4.73. The Hall–Kier alpha value is -1.95. The summed E-state index contributed by atoms with van der Waals surface area (Å²) in [6.45, 7) is 1.63. The molecular weight excluding hydrogens is 262 g/mol. The van der Waals surface area contributed by atoms with Crippen LogP contribution in [0.25, 0.3) is 0 Å². The highest BCUT2D eigenvalue weighted by Gasteiger charge is 2.12. The molecule has 2 rings (SSSR count). The van der Waals surface area contributed by atoms with Gasteiger partial charge in [-0.3, -0.25) is 0 Å². The van der Waals surface area contributed by atoms with E-state index in [0.717, 1.165) is 6.07 Å². The van der Waals surface area contributed by atoms with E-state index >= 15 is 0 Å². The van der Waals surface area contributed by atoms with E-state index in [4.69, 9.17) is 17.3 Å². The summed E-state index contributed by atoms with van der Waals surface area (Å²) in [4.78, 5) is 7.67. The van der Waals surface area contributed by atoms with Crippen molar-refractivity contribution in [3.63, 3.8) is 0 Å². The number of nitrogens with zero attached hydrogens (tertiary/aromatic N) is 2.